The highest BCUT2D eigenvalue weighted by Gasteiger charge is 2.39. The van der Waals surface area contributed by atoms with Gasteiger partial charge < -0.3 is 9.47 Å². The predicted molar refractivity (Wildman–Crippen MR) is 71.4 cm³/mol. The van der Waals surface area contributed by atoms with Gasteiger partial charge >= 0.3 is 12.1 Å². The summed E-state index contributed by atoms with van der Waals surface area (Å²) in [6.07, 6.45) is 3.57. The second-order valence-electron chi connectivity index (χ2n) is 5.98. The average Bonchev–Trinajstić information content (AvgIpc) is 2.27. The van der Waals surface area contributed by atoms with Crippen LogP contribution in [0.15, 0.2) is 12.3 Å². The molecule has 1 heterocycles. The number of esters is 1. The van der Waals surface area contributed by atoms with Gasteiger partial charge in [0.15, 0.2) is 0 Å². The van der Waals surface area contributed by atoms with E-state index in [4.69, 9.17) is 9.47 Å². The predicted octanol–water partition coefficient (Wildman–Crippen LogP) is 2.71. The highest BCUT2D eigenvalue weighted by Crippen LogP contribution is 2.30. The number of hydrogen-bond acceptors (Lipinski definition) is 4. The van der Waals surface area contributed by atoms with Crippen LogP contribution in [0.5, 0.6) is 0 Å². The molecule has 5 heteroatoms. The lowest BCUT2D eigenvalue weighted by molar-refractivity contribution is -0.155. The Bertz CT molecular complexity index is 383. The van der Waals surface area contributed by atoms with E-state index in [1.807, 2.05) is 20.8 Å². The van der Waals surface area contributed by atoms with Gasteiger partial charge in [0.2, 0.25) is 0 Å². The molecule has 0 aromatic carbocycles. The lowest BCUT2D eigenvalue weighted by atomic mass is 9.84. The van der Waals surface area contributed by atoms with Crippen LogP contribution in [0.3, 0.4) is 0 Å². The molecule has 0 fully saturated rings. The number of hydrogen-bond donors (Lipinski definition) is 0. The summed E-state index contributed by atoms with van der Waals surface area (Å²) in [4.78, 5) is 25.3. The fourth-order valence-electron chi connectivity index (χ4n) is 1.83. The largest absolute Gasteiger partial charge is 0.466 e. The molecule has 1 amide bonds. The zero-order chi connectivity index (χ0) is 14.7. The third-order valence-electron chi connectivity index (χ3n) is 2.77. The molecule has 1 aliphatic rings. The van der Waals surface area contributed by atoms with E-state index in [0.29, 0.717) is 13.0 Å². The van der Waals surface area contributed by atoms with Gasteiger partial charge in [0, 0.05) is 12.7 Å². The number of carbonyl (C=O) groups is 2. The van der Waals surface area contributed by atoms with E-state index in [1.54, 1.807) is 26.1 Å². The van der Waals surface area contributed by atoms with Crippen LogP contribution in [0.25, 0.3) is 0 Å². The average molecular weight is 269 g/mol. The molecule has 1 atom stereocenters. The first-order valence-electron chi connectivity index (χ1n) is 6.51. The Balaban J connectivity index is 2.74. The van der Waals surface area contributed by atoms with Crippen LogP contribution in [-0.4, -0.2) is 35.7 Å². The first-order chi connectivity index (χ1) is 8.68. The fourth-order valence-corrected chi connectivity index (χ4v) is 1.83. The van der Waals surface area contributed by atoms with Gasteiger partial charge in [-0.1, -0.05) is 6.08 Å². The summed E-state index contributed by atoms with van der Waals surface area (Å²) in [6.45, 7) is 9.61. The number of amides is 1. The van der Waals surface area contributed by atoms with Crippen molar-refractivity contribution in [2.45, 2.75) is 46.6 Å². The van der Waals surface area contributed by atoms with Crippen LogP contribution >= 0.6 is 0 Å². The Kier molecular flexibility index (Phi) is 4.61. The molecule has 0 unspecified atom stereocenters. The molecular weight excluding hydrogens is 246 g/mol. The molecule has 0 aromatic heterocycles. The van der Waals surface area contributed by atoms with E-state index in [-0.39, 0.29) is 12.5 Å². The monoisotopic (exact) mass is 269 g/mol. The molecule has 0 bridgehead atoms. The molecule has 5 nitrogen and oxygen atoms in total. The molecule has 0 radical (unpaired) electrons. The van der Waals surface area contributed by atoms with Gasteiger partial charge in [-0.15, -0.1) is 0 Å². The lowest BCUT2D eigenvalue weighted by Gasteiger charge is -2.35. The van der Waals surface area contributed by atoms with Crippen molar-refractivity contribution in [1.29, 1.82) is 0 Å². The summed E-state index contributed by atoms with van der Waals surface area (Å²) in [5.41, 5.74) is -1.26. The lowest BCUT2D eigenvalue weighted by Crippen LogP contribution is -2.46. The maximum atomic E-state index is 12.0. The van der Waals surface area contributed by atoms with E-state index in [0.717, 1.165) is 0 Å². The minimum Gasteiger partial charge on any atom is -0.466 e. The molecular formula is C14H23NO4. The van der Waals surface area contributed by atoms with E-state index in [1.165, 1.54) is 4.90 Å². The third kappa shape index (κ3) is 4.26. The Morgan fingerprint density at radius 2 is 2.00 bits per heavy atom. The number of carbonyl (C=O) groups excluding carboxylic acids is 2. The normalized spacial score (nSPS) is 23.1. The Hall–Kier alpha value is -1.52. The minimum absolute atomic E-state index is 0.275. The molecule has 0 N–H and O–H groups in total. The van der Waals surface area contributed by atoms with Crippen LogP contribution in [-0.2, 0) is 14.3 Å². The summed E-state index contributed by atoms with van der Waals surface area (Å²) < 4.78 is 10.4. The van der Waals surface area contributed by atoms with E-state index >= 15 is 0 Å². The fraction of sp³-hybridized carbons (Fsp3) is 0.714. The van der Waals surface area contributed by atoms with Crippen molar-refractivity contribution in [2.75, 3.05) is 13.2 Å². The highest BCUT2D eigenvalue weighted by molar-refractivity contribution is 5.79. The summed E-state index contributed by atoms with van der Waals surface area (Å²) in [5, 5.41) is 0. The SMILES string of the molecule is CCOC(=O)[C@]1(C)CC=CN(C(=O)OC(C)(C)C)C1. The Morgan fingerprint density at radius 1 is 1.37 bits per heavy atom. The molecule has 0 aromatic rings. The number of nitrogens with zero attached hydrogens (tertiary/aromatic N) is 1. The quantitative estimate of drug-likeness (QED) is 0.723. The molecule has 0 spiro atoms. The van der Waals surface area contributed by atoms with Crippen LogP contribution in [0, 0.1) is 5.41 Å². The summed E-state index contributed by atoms with van der Waals surface area (Å²) in [7, 11) is 0. The molecule has 1 aliphatic heterocycles. The van der Waals surface area contributed by atoms with Crippen molar-refractivity contribution in [2.24, 2.45) is 5.41 Å². The van der Waals surface area contributed by atoms with E-state index < -0.39 is 17.1 Å². The molecule has 19 heavy (non-hydrogen) atoms. The van der Waals surface area contributed by atoms with Gasteiger partial charge in [0.1, 0.15) is 5.60 Å². The van der Waals surface area contributed by atoms with Crippen molar-refractivity contribution >= 4 is 12.1 Å². The van der Waals surface area contributed by atoms with Crippen LogP contribution < -0.4 is 0 Å². The zero-order valence-electron chi connectivity index (χ0n) is 12.4. The van der Waals surface area contributed by atoms with Crippen LogP contribution in [0.4, 0.5) is 4.79 Å². The first-order valence-corrected chi connectivity index (χ1v) is 6.51. The van der Waals surface area contributed by atoms with Crippen molar-refractivity contribution < 1.29 is 19.1 Å². The van der Waals surface area contributed by atoms with E-state index in [2.05, 4.69) is 0 Å². The second-order valence-corrected chi connectivity index (χ2v) is 5.98. The van der Waals surface area contributed by atoms with Crippen LogP contribution in [0.1, 0.15) is 41.0 Å². The number of allylic oxidation sites excluding steroid dienone is 1. The van der Waals surface area contributed by atoms with Crippen molar-refractivity contribution in [1.82, 2.24) is 4.90 Å². The maximum Gasteiger partial charge on any atom is 0.414 e. The van der Waals surface area contributed by atoms with Gasteiger partial charge in [-0.25, -0.2) is 4.79 Å². The Morgan fingerprint density at radius 3 is 2.53 bits per heavy atom. The second kappa shape index (κ2) is 5.63. The highest BCUT2D eigenvalue weighted by atomic mass is 16.6. The van der Waals surface area contributed by atoms with Crippen molar-refractivity contribution in [3.05, 3.63) is 12.3 Å². The maximum absolute atomic E-state index is 12.0. The Labute approximate surface area is 114 Å². The van der Waals surface area contributed by atoms with Crippen molar-refractivity contribution in [3.8, 4) is 0 Å². The molecule has 0 aliphatic carbocycles. The number of rotatable bonds is 2. The van der Waals surface area contributed by atoms with Crippen LogP contribution in [0.2, 0.25) is 0 Å². The standard InChI is InChI=1S/C14H23NO4/c1-6-18-11(16)14(5)8-7-9-15(10-14)12(17)19-13(2,3)4/h7,9H,6,8,10H2,1-5H3/t14-/m1/s1. The smallest absolute Gasteiger partial charge is 0.414 e. The number of ether oxygens (including phenoxy) is 2. The van der Waals surface area contributed by atoms with Gasteiger partial charge in [-0.3, -0.25) is 9.69 Å². The van der Waals surface area contributed by atoms with Gasteiger partial charge in [-0.05, 0) is 41.0 Å². The van der Waals surface area contributed by atoms with E-state index in [9.17, 15) is 9.59 Å². The zero-order valence-corrected chi connectivity index (χ0v) is 12.4. The first kappa shape index (κ1) is 15.5. The molecule has 1 rings (SSSR count). The van der Waals surface area contributed by atoms with Gasteiger partial charge in [0.05, 0.1) is 12.0 Å². The minimum atomic E-state index is -0.707. The topological polar surface area (TPSA) is 55.8 Å². The summed E-state index contributed by atoms with van der Waals surface area (Å²) in [6, 6.07) is 0. The molecule has 0 saturated heterocycles. The van der Waals surface area contributed by atoms with Gasteiger partial charge in [-0.2, -0.15) is 0 Å². The molecule has 0 saturated carbocycles. The van der Waals surface area contributed by atoms with Crippen molar-refractivity contribution in [3.63, 3.8) is 0 Å². The summed E-state index contributed by atoms with van der Waals surface area (Å²) in [5.74, 6) is -0.284. The third-order valence-corrected chi connectivity index (χ3v) is 2.77. The molecule has 108 valence electrons. The summed E-state index contributed by atoms with van der Waals surface area (Å²) >= 11 is 0. The van der Waals surface area contributed by atoms with Gasteiger partial charge in [0.25, 0.3) is 0 Å².